The van der Waals surface area contributed by atoms with Gasteiger partial charge in [-0.3, -0.25) is 0 Å². The fraction of sp³-hybridized carbons (Fsp3) is 0.615. The fourth-order valence-electron chi connectivity index (χ4n) is 2.24. The highest BCUT2D eigenvalue weighted by Gasteiger charge is 2.16. The molecular formula is C13H22N6O2. The van der Waals surface area contributed by atoms with Crippen LogP contribution < -0.4 is 21.7 Å². The average Bonchev–Trinajstić information content (AvgIpc) is 2.99. The van der Waals surface area contributed by atoms with Crippen LogP contribution in [-0.4, -0.2) is 42.3 Å². The lowest BCUT2D eigenvalue weighted by molar-refractivity contribution is 0.153. The minimum absolute atomic E-state index is 0.231. The molecule has 0 saturated heterocycles. The number of alkyl carbamates (subject to hydrolysis) is 1. The number of nitrogens with two attached hydrogens (primary N) is 1. The molecule has 1 aromatic rings. The molecule has 1 saturated carbocycles. The Morgan fingerprint density at radius 3 is 2.95 bits per heavy atom. The molecule has 1 aliphatic carbocycles. The van der Waals surface area contributed by atoms with Crippen molar-refractivity contribution in [1.29, 1.82) is 0 Å². The fourth-order valence-corrected chi connectivity index (χ4v) is 2.24. The molecule has 1 fully saturated rings. The van der Waals surface area contributed by atoms with E-state index in [9.17, 15) is 4.79 Å². The predicted octanol–water partition coefficient (Wildman–Crippen LogP) is 1.18. The van der Waals surface area contributed by atoms with E-state index >= 15 is 0 Å². The Kier molecular flexibility index (Phi) is 5.42. The zero-order valence-corrected chi connectivity index (χ0v) is 12.2. The summed E-state index contributed by atoms with van der Waals surface area (Å²) in [7, 11) is 1.51. The molecule has 5 N–H and O–H groups in total. The first kappa shape index (κ1) is 15.1. The molecule has 1 aliphatic rings. The molecule has 2 rings (SSSR count). The Morgan fingerprint density at radius 2 is 2.24 bits per heavy atom. The molecule has 0 bridgehead atoms. The molecule has 8 nitrogen and oxygen atoms in total. The number of amides is 1. The van der Waals surface area contributed by atoms with Crippen LogP contribution in [0.5, 0.6) is 0 Å². The third-order valence-electron chi connectivity index (χ3n) is 3.34. The van der Waals surface area contributed by atoms with Gasteiger partial charge in [-0.15, -0.1) is 0 Å². The van der Waals surface area contributed by atoms with E-state index in [0.717, 1.165) is 12.8 Å². The number of nitrogens with zero attached hydrogens (tertiary/aromatic N) is 2. The van der Waals surface area contributed by atoms with E-state index in [1.807, 2.05) is 0 Å². The standard InChI is InChI=1S/C13H22N6O2/c1-15-13(20)21-7-6-16-11-10(14)8-17-12(19-11)18-9-4-2-3-5-9/h8-9H,2-7,14H2,1H3,(H,15,20)(H2,16,17,18,19). The van der Waals surface area contributed by atoms with E-state index in [1.54, 1.807) is 6.20 Å². The second-order valence-electron chi connectivity index (χ2n) is 4.94. The van der Waals surface area contributed by atoms with Crippen molar-refractivity contribution in [3.8, 4) is 0 Å². The quantitative estimate of drug-likeness (QED) is 0.582. The van der Waals surface area contributed by atoms with Crippen molar-refractivity contribution in [2.45, 2.75) is 31.7 Å². The number of aromatic nitrogens is 2. The molecule has 1 amide bonds. The maximum atomic E-state index is 10.9. The van der Waals surface area contributed by atoms with E-state index in [2.05, 4.69) is 25.9 Å². The van der Waals surface area contributed by atoms with Gasteiger partial charge in [-0.1, -0.05) is 12.8 Å². The highest BCUT2D eigenvalue weighted by molar-refractivity contribution is 5.66. The van der Waals surface area contributed by atoms with Gasteiger partial charge >= 0.3 is 6.09 Å². The van der Waals surface area contributed by atoms with Crippen molar-refractivity contribution >= 4 is 23.5 Å². The molecule has 8 heteroatoms. The third-order valence-corrected chi connectivity index (χ3v) is 3.34. The summed E-state index contributed by atoms with van der Waals surface area (Å²) in [5.41, 5.74) is 6.30. The van der Waals surface area contributed by atoms with Gasteiger partial charge in [-0.05, 0) is 12.8 Å². The average molecular weight is 294 g/mol. The number of ether oxygens (including phenoxy) is 1. The Hall–Kier alpha value is -2.25. The van der Waals surface area contributed by atoms with Crippen molar-refractivity contribution in [3.63, 3.8) is 0 Å². The lowest BCUT2D eigenvalue weighted by atomic mass is 10.2. The van der Waals surface area contributed by atoms with Gasteiger partial charge in [0.05, 0.1) is 18.4 Å². The molecule has 116 valence electrons. The Morgan fingerprint density at radius 1 is 1.48 bits per heavy atom. The van der Waals surface area contributed by atoms with E-state index in [1.165, 1.54) is 19.9 Å². The van der Waals surface area contributed by atoms with Crippen LogP contribution in [0, 0.1) is 0 Å². The van der Waals surface area contributed by atoms with E-state index in [4.69, 9.17) is 10.5 Å². The highest BCUT2D eigenvalue weighted by atomic mass is 16.5. The van der Waals surface area contributed by atoms with Gasteiger partial charge < -0.3 is 26.4 Å². The van der Waals surface area contributed by atoms with Crippen molar-refractivity contribution in [2.75, 3.05) is 36.6 Å². The Bertz CT molecular complexity index is 476. The van der Waals surface area contributed by atoms with Gasteiger partial charge in [0.15, 0.2) is 5.82 Å². The number of nitrogens with one attached hydrogen (secondary N) is 3. The van der Waals surface area contributed by atoms with E-state index in [0.29, 0.717) is 30.0 Å². The van der Waals surface area contributed by atoms with Crippen LogP contribution in [-0.2, 0) is 4.74 Å². The van der Waals surface area contributed by atoms with Crippen molar-refractivity contribution in [2.24, 2.45) is 0 Å². The summed E-state index contributed by atoms with van der Waals surface area (Å²) in [6, 6.07) is 0.443. The molecule has 0 radical (unpaired) electrons. The van der Waals surface area contributed by atoms with E-state index < -0.39 is 6.09 Å². The second kappa shape index (κ2) is 7.51. The molecule has 0 aliphatic heterocycles. The van der Waals surface area contributed by atoms with Gasteiger partial charge in [0.25, 0.3) is 0 Å². The topological polar surface area (TPSA) is 114 Å². The molecule has 0 atom stereocenters. The number of rotatable bonds is 6. The summed E-state index contributed by atoms with van der Waals surface area (Å²) in [6.45, 7) is 0.659. The van der Waals surface area contributed by atoms with Gasteiger partial charge in [-0.2, -0.15) is 4.98 Å². The van der Waals surface area contributed by atoms with Crippen LogP contribution in [0.2, 0.25) is 0 Å². The van der Waals surface area contributed by atoms with Gasteiger partial charge in [0.1, 0.15) is 6.61 Å². The maximum Gasteiger partial charge on any atom is 0.406 e. The number of carbonyl (C=O) groups excluding carboxylic acids is 1. The molecule has 1 aromatic heterocycles. The van der Waals surface area contributed by atoms with Crippen LogP contribution in [0.25, 0.3) is 0 Å². The summed E-state index contributed by atoms with van der Waals surface area (Å²) in [5.74, 6) is 1.12. The first-order chi connectivity index (χ1) is 10.2. The van der Waals surface area contributed by atoms with Crippen LogP contribution in [0.1, 0.15) is 25.7 Å². The van der Waals surface area contributed by atoms with Crippen LogP contribution in [0.15, 0.2) is 6.20 Å². The first-order valence-corrected chi connectivity index (χ1v) is 7.16. The molecule has 0 unspecified atom stereocenters. The highest BCUT2D eigenvalue weighted by Crippen LogP contribution is 2.22. The van der Waals surface area contributed by atoms with Crippen molar-refractivity contribution in [3.05, 3.63) is 6.20 Å². The van der Waals surface area contributed by atoms with Crippen LogP contribution in [0.3, 0.4) is 0 Å². The molecule has 0 spiro atoms. The Labute approximate surface area is 123 Å². The summed E-state index contributed by atoms with van der Waals surface area (Å²) in [6.07, 6.45) is 5.90. The lowest BCUT2D eigenvalue weighted by Gasteiger charge is -2.14. The van der Waals surface area contributed by atoms with Crippen LogP contribution >= 0.6 is 0 Å². The summed E-state index contributed by atoms with van der Waals surface area (Å²) in [5, 5.41) is 8.72. The number of carbonyl (C=O) groups is 1. The third kappa shape index (κ3) is 4.66. The van der Waals surface area contributed by atoms with Gasteiger partial charge in [-0.25, -0.2) is 9.78 Å². The number of hydrogen-bond donors (Lipinski definition) is 4. The Balaban J connectivity index is 1.84. The van der Waals surface area contributed by atoms with Crippen LogP contribution in [0.4, 0.5) is 22.2 Å². The lowest BCUT2D eigenvalue weighted by Crippen LogP contribution is -2.23. The molecule has 1 heterocycles. The zero-order valence-electron chi connectivity index (χ0n) is 12.2. The summed E-state index contributed by atoms with van der Waals surface area (Å²) >= 11 is 0. The molecule has 21 heavy (non-hydrogen) atoms. The normalized spacial score (nSPS) is 14.7. The minimum atomic E-state index is -0.462. The monoisotopic (exact) mass is 294 g/mol. The van der Waals surface area contributed by atoms with Crippen molar-refractivity contribution < 1.29 is 9.53 Å². The smallest absolute Gasteiger partial charge is 0.406 e. The van der Waals surface area contributed by atoms with E-state index in [-0.39, 0.29) is 6.61 Å². The molecule has 0 aromatic carbocycles. The van der Waals surface area contributed by atoms with Crippen molar-refractivity contribution in [1.82, 2.24) is 15.3 Å². The number of hydrogen-bond acceptors (Lipinski definition) is 7. The second-order valence-corrected chi connectivity index (χ2v) is 4.94. The van der Waals surface area contributed by atoms with Gasteiger partial charge in [0, 0.05) is 13.1 Å². The number of anilines is 3. The maximum absolute atomic E-state index is 10.9. The summed E-state index contributed by atoms with van der Waals surface area (Å²) in [4.78, 5) is 19.5. The minimum Gasteiger partial charge on any atom is -0.448 e. The van der Waals surface area contributed by atoms with Gasteiger partial charge in [0.2, 0.25) is 5.95 Å². The first-order valence-electron chi connectivity index (χ1n) is 7.16. The SMILES string of the molecule is CNC(=O)OCCNc1nc(NC2CCCC2)ncc1N. The predicted molar refractivity (Wildman–Crippen MR) is 81.2 cm³/mol. The summed E-state index contributed by atoms with van der Waals surface area (Å²) < 4.78 is 4.88. The number of nitrogen functional groups attached to an aromatic ring is 1. The largest absolute Gasteiger partial charge is 0.448 e. The molecular weight excluding hydrogens is 272 g/mol. The zero-order chi connectivity index (χ0) is 15.1.